The van der Waals surface area contributed by atoms with Crippen LogP contribution in [0.25, 0.3) is 0 Å². The molecule has 0 aliphatic rings. The number of carboxylic acid groups (broad SMARTS) is 1. The highest BCUT2D eigenvalue weighted by Crippen LogP contribution is 2.27. The fourth-order valence-electron chi connectivity index (χ4n) is 1.74. The molecule has 15 heavy (non-hydrogen) atoms. The minimum Gasteiger partial charge on any atom is -0.480 e. The molecule has 1 aromatic heterocycles. The van der Waals surface area contributed by atoms with Gasteiger partial charge < -0.3 is 5.11 Å². The van der Waals surface area contributed by atoms with Gasteiger partial charge in [0.1, 0.15) is 0 Å². The molecule has 0 aromatic carbocycles. The van der Waals surface area contributed by atoms with Gasteiger partial charge in [-0.25, -0.2) is 0 Å². The summed E-state index contributed by atoms with van der Waals surface area (Å²) in [7, 11) is 0. The smallest absolute Gasteiger partial charge is 0.317 e. The zero-order valence-corrected chi connectivity index (χ0v) is 9.96. The second-order valence-corrected chi connectivity index (χ2v) is 4.38. The van der Waals surface area contributed by atoms with Crippen molar-refractivity contribution in [2.45, 2.75) is 26.3 Å². The molecule has 1 N–H and O–H groups in total. The first-order chi connectivity index (χ1) is 7.19. The predicted molar refractivity (Wildman–Crippen MR) is 62.2 cm³/mol. The van der Waals surface area contributed by atoms with Crippen LogP contribution in [0.1, 0.15) is 31.2 Å². The van der Waals surface area contributed by atoms with Crippen LogP contribution in [0.15, 0.2) is 17.5 Å². The quantitative estimate of drug-likeness (QED) is 0.812. The molecule has 84 valence electrons. The van der Waals surface area contributed by atoms with Crippen molar-refractivity contribution in [1.82, 2.24) is 4.90 Å². The average molecular weight is 227 g/mol. The van der Waals surface area contributed by atoms with E-state index in [-0.39, 0.29) is 12.6 Å². The van der Waals surface area contributed by atoms with E-state index in [0.717, 1.165) is 13.0 Å². The molecule has 0 spiro atoms. The van der Waals surface area contributed by atoms with E-state index in [1.54, 1.807) is 11.3 Å². The van der Waals surface area contributed by atoms with Gasteiger partial charge in [0.2, 0.25) is 0 Å². The zero-order chi connectivity index (χ0) is 11.3. The number of likely N-dealkylation sites (N-methyl/N-ethyl adjacent to an activating group) is 1. The Balaban J connectivity index is 2.75. The summed E-state index contributed by atoms with van der Waals surface area (Å²) >= 11 is 1.69. The normalized spacial score (nSPS) is 13.0. The third kappa shape index (κ3) is 3.32. The Morgan fingerprint density at radius 2 is 2.33 bits per heavy atom. The van der Waals surface area contributed by atoms with Crippen LogP contribution in [0.3, 0.4) is 0 Å². The molecule has 0 saturated heterocycles. The maximum Gasteiger partial charge on any atom is 0.317 e. The van der Waals surface area contributed by atoms with Crippen molar-refractivity contribution in [2.24, 2.45) is 0 Å². The third-order valence-electron chi connectivity index (χ3n) is 2.44. The van der Waals surface area contributed by atoms with Crippen molar-refractivity contribution in [3.8, 4) is 0 Å². The Morgan fingerprint density at radius 1 is 1.60 bits per heavy atom. The van der Waals surface area contributed by atoms with Crippen molar-refractivity contribution in [2.75, 3.05) is 13.1 Å². The molecule has 1 rings (SSSR count). The van der Waals surface area contributed by atoms with E-state index in [1.807, 2.05) is 23.3 Å². The molecule has 0 bridgehead atoms. The first-order valence-electron chi connectivity index (χ1n) is 5.18. The number of nitrogens with zero attached hydrogens (tertiary/aromatic N) is 1. The molecular weight excluding hydrogens is 210 g/mol. The van der Waals surface area contributed by atoms with Gasteiger partial charge in [-0.15, -0.1) is 11.3 Å². The Labute approximate surface area is 94.3 Å². The number of carbonyl (C=O) groups is 1. The molecule has 0 aliphatic carbocycles. The van der Waals surface area contributed by atoms with E-state index < -0.39 is 5.97 Å². The highest BCUT2D eigenvalue weighted by molar-refractivity contribution is 7.10. The average Bonchev–Trinajstić information content (AvgIpc) is 2.70. The Kier molecular flexibility index (Phi) is 4.78. The summed E-state index contributed by atoms with van der Waals surface area (Å²) in [6, 6.07) is 4.33. The standard InChI is InChI=1S/C11H17NO2S/c1-3-9(10-6-5-7-15-10)12(4-2)8-11(13)14/h5-7,9H,3-4,8H2,1-2H3,(H,13,14). The minimum absolute atomic E-state index is 0.118. The van der Waals surface area contributed by atoms with Crippen LogP contribution in [-0.2, 0) is 4.79 Å². The second-order valence-electron chi connectivity index (χ2n) is 3.40. The van der Waals surface area contributed by atoms with Crippen LogP contribution in [0.4, 0.5) is 0 Å². The lowest BCUT2D eigenvalue weighted by Gasteiger charge is -2.27. The third-order valence-corrected chi connectivity index (χ3v) is 3.42. The molecule has 0 fully saturated rings. The van der Waals surface area contributed by atoms with Crippen LogP contribution in [0.5, 0.6) is 0 Å². The molecule has 0 amide bonds. The molecule has 1 atom stereocenters. The van der Waals surface area contributed by atoms with E-state index in [2.05, 4.69) is 13.0 Å². The highest BCUT2D eigenvalue weighted by Gasteiger charge is 2.19. The van der Waals surface area contributed by atoms with Gasteiger partial charge in [-0.1, -0.05) is 19.9 Å². The van der Waals surface area contributed by atoms with Crippen LogP contribution in [0, 0.1) is 0 Å². The lowest BCUT2D eigenvalue weighted by atomic mass is 10.1. The number of hydrogen-bond acceptors (Lipinski definition) is 3. The summed E-state index contributed by atoms with van der Waals surface area (Å²) < 4.78 is 0. The van der Waals surface area contributed by atoms with Crippen molar-refractivity contribution in [3.05, 3.63) is 22.4 Å². The number of hydrogen-bond donors (Lipinski definition) is 1. The van der Waals surface area contributed by atoms with Crippen LogP contribution in [-0.4, -0.2) is 29.1 Å². The molecule has 1 heterocycles. The van der Waals surface area contributed by atoms with Gasteiger partial charge in [0, 0.05) is 10.9 Å². The zero-order valence-electron chi connectivity index (χ0n) is 9.14. The Bertz CT molecular complexity index is 298. The summed E-state index contributed by atoms with van der Waals surface area (Å²) in [5.41, 5.74) is 0. The maximum absolute atomic E-state index is 10.7. The first-order valence-corrected chi connectivity index (χ1v) is 6.06. The molecule has 1 unspecified atom stereocenters. The summed E-state index contributed by atoms with van der Waals surface area (Å²) in [6.07, 6.45) is 0.946. The fraction of sp³-hybridized carbons (Fsp3) is 0.545. The van der Waals surface area contributed by atoms with Crippen molar-refractivity contribution >= 4 is 17.3 Å². The van der Waals surface area contributed by atoms with Gasteiger partial charge in [0.15, 0.2) is 0 Å². The Morgan fingerprint density at radius 3 is 2.73 bits per heavy atom. The second kappa shape index (κ2) is 5.88. The number of rotatable bonds is 6. The molecule has 0 aliphatic heterocycles. The molecule has 0 radical (unpaired) electrons. The minimum atomic E-state index is -0.758. The highest BCUT2D eigenvalue weighted by atomic mass is 32.1. The van der Waals surface area contributed by atoms with E-state index >= 15 is 0 Å². The van der Waals surface area contributed by atoms with Gasteiger partial charge in [0.05, 0.1) is 6.54 Å². The van der Waals surface area contributed by atoms with Crippen LogP contribution in [0.2, 0.25) is 0 Å². The largest absolute Gasteiger partial charge is 0.480 e. The van der Waals surface area contributed by atoms with Crippen molar-refractivity contribution in [1.29, 1.82) is 0 Å². The van der Waals surface area contributed by atoms with Gasteiger partial charge >= 0.3 is 5.97 Å². The molecular formula is C11H17NO2S. The van der Waals surface area contributed by atoms with E-state index in [0.29, 0.717) is 0 Å². The van der Waals surface area contributed by atoms with E-state index in [1.165, 1.54) is 4.88 Å². The first kappa shape index (κ1) is 12.2. The molecule has 0 saturated carbocycles. The van der Waals surface area contributed by atoms with Gasteiger partial charge in [-0.05, 0) is 24.4 Å². The van der Waals surface area contributed by atoms with Gasteiger partial charge in [-0.2, -0.15) is 0 Å². The lowest BCUT2D eigenvalue weighted by molar-refractivity contribution is -0.138. The monoisotopic (exact) mass is 227 g/mol. The number of aliphatic carboxylic acids is 1. The Hall–Kier alpha value is -0.870. The topological polar surface area (TPSA) is 40.5 Å². The summed E-state index contributed by atoms with van der Waals surface area (Å²) in [4.78, 5) is 14.0. The van der Waals surface area contributed by atoms with E-state index in [4.69, 9.17) is 5.11 Å². The molecule has 4 heteroatoms. The number of thiophene rings is 1. The summed E-state index contributed by atoms with van der Waals surface area (Å²) in [5, 5.41) is 10.9. The van der Waals surface area contributed by atoms with Crippen molar-refractivity contribution < 1.29 is 9.90 Å². The van der Waals surface area contributed by atoms with Gasteiger partial charge in [-0.3, -0.25) is 9.69 Å². The van der Waals surface area contributed by atoms with Crippen LogP contribution < -0.4 is 0 Å². The number of carboxylic acids is 1. The molecule has 1 aromatic rings. The molecule has 3 nitrogen and oxygen atoms in total. The summed E-state index contributed by atoms with van der Waals surface area (Å²) in [5.74, 6) is -0.758. The van der Waals surface area contributed by atoms with Crippen molar-refractivity contribution in [3.63, 3.8) is 0 Å². The maximum atomic E-state index is 10.7. The fourth-order valence-corrected chi connectivity index (χ4v) is 2.68. The van der Waals surface area contributed by atoms with Crippen LogP contribution >= 0.6 is 11.3 Å². The lowest BCUT2D eigenvalue weighted by Crippen LogP contribution is -2.32. The SMILES string of the molecule is CCC(c1cccs1)N(CC)CC(=O)O. The predicted octanol–water partition coefficient (Wildman–Crippen LogP) is 2.61. The summed E-state index contributed by atoms with van der Waals surface area (Å²) in [6.45, 7) is 4.98. The van der Waals surface area contributed by atoms with Gasteiger partial charge in [0.25, 0.3) is 0 Å². The van der Waals surface area contributed by atoms with E-state index in [9.17, 15) is 4.79 Å².